The van der Waals surface area contributed by atoms with Crippen LogP contribution in [0.25, 0.3) is 0 Å². The van der Waals surface area contributed by atoms with Gasteiger partial charge in [0.1, 0.15) is 6.20 Å². The lowest BCUT2D eigenvalue weighted by Crippen LogP contribution is -2.62. The highest BCUT2D eigenvalue weighted by Gasteiger charge is 2.67. The number of aryl methyl sites for hydroxylation is 1. The number of ketones is 1. The second-order valence-corrected chi connectivity index (χ2v) is 16.0. The molecule has 3 saturated carbocycles. The lowest BCUT2D eigenvalue weighted by molar-refractivity contribution is -0.389. The molecule has 0 unspecified atom stereocenters. The molecule has 5 aliphatic carbocycles. The zero-order valence-corrected chi connectivity index (χ0v) is 28.3. The average Bonchev–Trinajstić information content (AvgIpc) is 3.50. The monoisotopic (exact) mass is 631 g/mol. The highest BCUT2D eigenvalue weighted by molar-refractivity contribution is 6.06. The third kappa shape index (κ3) is 4.82. The number of nitro groups is 1. The fraction of sp³-hybridized carbons (Fsp3) is 0.649. The van der Waals surface area contributed by atoms with E-state index in [0.717, 1.165) is 75.4 Å². The van der Waals surface area contributed by atoms with Crippen molar-refractivity contribution in [3.8, 4) is 0 Å². The zero-order valence-electron chi connectivity index (χ0n) is 28.3. The number of aliphatic hydroxyl groups is 1. The molecule has 1 heterocycles. The number of esters is 1. The van der Waals surface area contributed by atoms with Crippen molar-refractivity contribution in [1.29, 1.82) is 0 Å². The highest BCUT2D eigenvalue weighted by atomic mass is 16.6. The maximum atomic E-state index is 13.7. The van der Waals surface area contributed by atoms with Crippen LogP contribution >= 0.6 is 0 Å². The number of carbonyl (C=O) groups is 2. The van der Waals surface area contributed by atoms with Crippen LogP contribution in [0, 0.1) is 43.1 Å². The Balaban J connectivity index is 1.15. The van der Waals surface area contributed by atoms with Gasteiger partial charge in [-0.2, -0.15) is 0 Å². The van der Waals surface area contributed by atoms with Crippen LogP contribution < -0.4 is 0 Å². The maximum absolute atomic E-state index is 13.7. The summed E-state index contributed by atoms with van der Waals surface area (Å²) < 4.78 is 7.66. The van der Waals surface area contributed by atoms with E-state index in [1.54, 1.807) is 10.6 Å². The van der Waals surface area contributed by atoms with Gasteiger partial charge in [0.15, 0.2) is 5.76 Å². The third-order valence-corrected chi connectivity index (χ3v) is 13.5. The Morgan fingerprint density at radius 2 is 1.80 bits per heavy atom. The van der Waals surface area contributed by atoms with E-state index in [1.165, 1.54) is 18.1 Å². The Labute approximate surface area is 272 Å². The van der Waals surface area contributed by atoms with Gasteiger partial charge >= 0.3 is 11.8 Å². The average molecular weight is 632 g/mol. The topological polar surface area (TPSA) is 125 Å². The number of ether oxygens (including phenoxy) is 1. The zero-order chi connectivity index (χ0) is 33.3. The summed E-state index contributed by atoms with van der Waals surface area (Å²) in [5, 5.41) is 21.3. The lowest BCUT2D eigenvalue weighted by atomic mass is 9.34. The van der Waals surface area contributed by atoms with Gasteiger partial charge in [-0.3, -0.25) is 9.59 Å². The van der Waals surface area contributed by atoms with E-state index in [4.69, 9.17) is 4.74 Å². The summed E-state index contributed by atoms with van der Waals surface area (Å²) in [7, 11) is 0. The van der Waals surface area contributed by atoms with Crippen molar-refractivity contribution in [2.45, 2.75) is 112 Å². The van der Waals surface area contributed by atoms with E-state index in [2.05, 4.69) is 51.8 Å². The number of carbonyl (C=O) groups excluding carboxylic acids is 2. The molecule has 0 bridgehead atoms. The molecule has 9 heteroatoms. The summed E-state index contributed by atoms with van der Waals surface area (Å²) in [6.45, 7) is 14.6. The fourth-order valence-corrected chi connectivity index (χ4v) is 10.1. The number of allylic oxidation sites excluding steroid dienone is 7. The molecule has 0 saturated heterocycles. The van der Waals surface area contributed by atoms with E-state index >= 15 is 0 Å². The van der Waals surface area contributed by atoms with Crippen LogP contribution in [0.15, 0.2) is 58.8 Å². The molecule has 1 aromatic rings. The molecule has 0 radical (unpaired) electrons. The van der Waals surface area contributed by atoms with Crippen LogP contribution in [0.5, 0.6) is 0 Å². The number of rotatable bonds is 8. The molecular weight excluding hydrogens is 582 g/mol. The van der Waals surface area contributed by atoms with Crippen molar-refractivity contribution in [1.82, 2.24) is 9.55 Å². The minimum Gasteiger partial charge on any atom is -0.504 e. The van der Waals surface area contributed by atoms with E-state index in [-0.39, 0.29) is 45.0 Å². The number of unbranched alkanes of at least 4 members (excludes halogenated alkanes) is 2. The van der Waals surface area contributed by atoms with Crippen LogP contribution in [-0.4, -0.2) is 37.9 Å². The quantitative estimate of drug-likeness (QED) is 0.133. The van der Waals surface area contributed by atoms with Crippen LogP contribution in [-0.2, 0) is 20.9 Å². The van der Waals surface area contributed by atoms with Crippen molar-refractivity contribution in [3.63, 3.8) is 0 Å². The summed E-state index contributed by atoms with van der Waals surface area (Å²) in [5.41, 5.74) is 3.33. The SMILES string of the molecule is CC1=C(O)C(=O)C=C2C1=CC=C1[C@@]2(C)CC[C@@]2(C)[C@@H]3C[C@](C)(C(=O)OCCCCCn4cnc([N+](=O)[O-])c4)CC[C@]3(C)CC[C@]12C. The first-order chi connectivity index (χ1) is 21.6. The van der Waals surface area contributed by atoms with Crippen LogP contribution in [0.4, 0.5) is 5.82 Å². The molecule has 46 heavy (non-hydrogen) atoms. The molecule has 5 aliphatic rings. The number of fused-ring (bicyclic) bond motifs is 7. The summed E-state index contributed by atoms with van der Waals surface area (Å²) in [4.78, 5) is 40.6. The molecule has 3 fully saturated rings. The maximum Gasteiger partial charge on any atom is 0.381 e. The number of imidazole rings is 1. The Bertz CT molecular complexity index is 1620. The normalized spacial score (nSPS) is 36.8. The summed E-state index contributed by atoms with van der Waals surface area (Å²) in [6, 6.07) is 0. The largest absolute Gasteiger partial charge is 0.504 e. The summed E-state index contributed by atoms with van der Waals surface area (Å²) in [6.07, 6.45) is 18.2. The number of aliphatic hydroxyl groups excluding tert-OH is 1. The summed E-state index contributed by atoms with van der Waals surface area (Å²) >= 11 is 0. The predicted molar refractivity (Wildman–Crippen MR) is 175 cm³/mol. The number of hydrogen-bond acceptors (Lipinski definition) is 7. The van der Waals surface area contributed by atoms with Crippen LogP contribution in [0.1, 0.15) is 106 Å². The Kier molecular flexibility index (Phi) is 7.80. The minimum absolute atomic E-state index is 0.0205. The van der Waals surface area contributed by atoms with E-state index in [9.17, 15) is 24.8 Å². The van der Waals surface area contributed by atoms with Gasteiger partial charge in [-0.1, -0.05) is 45.4 Å². The Morgan fingerprint density at radius 1 is 1.07 bits per heavy atom. The first-order valence-electron chi connectivity index (χ1n) is 17.0. The molecule has 1 aromatic heterocycles. The second-order valence-electron chi connectivity index (χ2n) is 16.0. The van der Waals surface area contributed by atoms with Crippen molar-refractivity contribution in [3.05, 3.63) is 68.9 Å². The predicted octanol–water partition coefficient (Wildman–Crippen LogP) is 8.13. The van der Waals surface area contributed by atoms with Gasteiger partial charge in [-0.15, -0.1) is 0 Å². The number of nitrogens with zero attached hydrogens (tertiary/aromatic N) is 3. The van der Waals surface area contributed by atoms with Gasteiger partial charge in [0.2, 0.25) is 12.1 Å². The van der Waals surface area contributed by atoms with Crippen LogP contribution in [0.3, 0.4) is 0 Å². The Morgan fingerprint density at radius 3 is 2.52 bits per heavy atom. The molecule has 0 spiro atoms. The van der Waals surface area contributed by atoms with Crippen molar-refractivity contribution >= 4 is 17.6 Å². The van der Waals surface area contributed by atoms with E-state index in [1.807, 2.05) is 6.92 Å². The smallest absolute Gasteiger partial charge is 0.381 e. The van der Waals surface area contributed by atoms with Gasteiger partial charge in [-0.25, -0.2) is 0 Å². The molecule has 9 nitrogen and oxygen atoms in total. The van der Waals surface area contributed by atoms with Gasteiger partial charge in [-0.05, 0) is 127 Å². The first kappa shape index (κ1) is 32.5. The fourth-order valence-electron chi connectivity index (χ4n) is 10.1. The van der Waals surface area contributed by atoms with Gasteiger partial charge in [0.25, 0.3) is 0 Å². The van der Waals surface area contributed by atoms with Gasteiger partial charge < -0.3 is 24.5 Å². The molecular formula is C37H49N3O6. The van der Waals surface area contributed by atoms with Crippen molar-refractivity contribution in [2.24, 2.45) is 33.0 Å². The first-order valence-corrected chi connectivity index (χ1v) is 17.0. The second kappa shape index (κ2) is 11.1. The molecule has 1 N–H and O–H groups in total. The van der Waals surface area contributed by atoms with Gasteiger partial charge in [0, 0.05) is 17.5 Å². The number of aromatic nitrogens is 2. The number of hydrogen-bond donors (Lipinski definition) is 1. The molecule has 248 valence electrons. The molecule has 0 aliphatic heterocycles. The van der Waals surface area contributed by atoms with Gasteiger partial charge in [0.05, 0.1) is 12.0 Å². The van der Waals surface area contributed by atoms with E-state index < -0.39 is 10.3 Å². The molecule has 0 amide bonds. The third-order valence-electron chi connectivity index (χ3n) is 13.5. The molecule has 6 atom stereocenters. The summed E-state index contributed by atoms with van der Waals surface area (Å²) in [5.74, 6) is -0.324. The Hall–Kier alpha value is -3.49. The standard InChI is InChI=1S/C37H49N3O6/c1-24-25-10-11-28-35(4,26(25)20-27(41)31(24)42)15-17-37(6)29-21-34(3,13-12-33(29,2)14-16-36(28,37)5)32(43)46-19-9-7-8-18-39-22-30(38-23-39)40(44)45/h10-11,20,22-23,29,42H,7-9,12-19,21H2,1-6H3/t29-,33-,34-,35+,36-,37+/m1/s1. The van der Waals surface area contributed by atoms with Crippen molar-refractivity contribution in [2.75, 3.05) is 6.61 Å². The minimum atomic E-state index is -0.534. The van der Waals surface area contributed by atoms with E-state index in [0.29, 0.717) is 24.6 Å². The molecule has 0 aromatic carbocycles. The van der Waals surface area contributed by atoms with Crippen molar-refractivity contribution < 1.29 is 24.4 Å². The molecule has 6 rings (SSSR count). The van der Waals surface area contributed by atoms with Crippen LogP contribution in [0.2, 0.25) is 0 Å². The lowest BCUT2D eigenvalue weighted by Gasteiger charge is -2.70. The highest BCUT2D eigenvalue weighted by Crippen LogP contribution is 2.75.